The SMILES string of the molecule is CC(C)c1ccn(-c2cncc(CCl)c2)n1. The van der Waals surface area contributed by atoms with Crippen molar-refractivity contribution in [3.05, 3.63) is 42.0 Å². The number of alkyl halides is 1. The zero-order valence-corrected chi connectivity index (χ0v) is 10.1. The van der Waals surface area contributed by atoms with Crippen LogP contribution >= 0.6 is 11.6 Å². The Balaban J connectivity index is 2.34. The Hall–Kier alpha value is -1.35. The normalized spacial score (nSPS) is 11.0. The minimum absolute atomic E-state index is 0.436. The van der Waals surface area contributed by atoms with Crippen LogP contribution < -0.4 is 0 Å². The van der Waals surface area contributed by atoms with Gasteiger partial charge in [0.05, 0.1) is 17.6 Å². The third kappa shape index (κ3) is 2.25. The summed E-state index contributed by atoms with van der Waals surface area (Å²) in [7, 11) is 0. The Morgan fingerprint density at radius 1 is 1.38 bits per heavy atom. The van der Waals surface area contributed by atoms with Crippen LogP contribution in [0.4, 0.5) is 0 Å². The molecule has 0 aliphatic heterocycles. The van der Waals surface area contributed by atoms with Gasteiger partial charge in [0.15, 0.2) is 0 Å². The van der Waals surface area contributed by atoms with Crippen molar-refractivity contribution in [1.29, 1.82) is 0 Å². The van der Waals surface area contributed by atoms with E-state index in [-0.39, 0.29) is 0 Å². The maximum absolute atomic E-state index is 5.77. The molecule has 0 bridgehead atoms. The number of nitrogens with zero attached hydrogens (tertiary/aromatic N) is 3. The molecule has 0 unspecified atom stereocenters. The molecular weight excluding hydrogens is 222 g/mol. The second kappa shape index (κ2) is 4.66. The Labute approximate surface area is 100 Å². The van der Waals surface area contributed by atoms with Crippen LogP contribution in [0.5, 0.6) is 0 Å². The number of rotatable bonds is 3. The summed E-state index contributed by atoms with van der Waals surface area (Å²) in [6.07, 6.45) is 5.50. The molecule has 84 valence electrons. The summed E-state index contributed by atoms with van der Waals surface area (Å²) >= 11 is 5.77. The van der Waals surface area contributed by atoms with Gasteiger partial charge in [0.1, 0.15) is 0 Å². The van der Waals surface area contributed by atoms with Crippen LogP contribution in [0.1, 0.15) is 31.0 Å². The second-order valence-electron chi connectivity index (χ2n) is 4.02. The summed E-state index contributed by atoms with van der Waals surface area (Å²) in [5.74, 6) is 0.907. The van der Waals surface area contributed by atoms with E-state index in [4.69, 9.17) is 11.6 Å². The van der Waals surface area contributed by atoms with E-state index in [0.717, 1.165) is 16.9 Å². The molecule has 0 fully saturated rings. The lowest BCUT2D eigenvalue weighted by Gasteiger charge is -2.03. The van der Waals surface area contributed by atoms with Crippen LogP contribution in [0, 0.1) is 0 Å². The van der Waals surface area contributed by atoms with E-state index in [0.29, 0.717) is 11.8 Å². The molecule has 0 saturated heterocycles. The molecule has 0 saturated carbocycles. The number of pyridine rings is 1. The lowest BCUT2D eigenvalue weighted by Crippen LogP contribution is -1.98. The van der Waals surface area contributed by atoms with Gasteiger partial charge in [-0.3, -0.25) is 4.98 Å². The molecule has 0 radical (unpaired) electrons. The van der Waals surface area contributed by atoms with Crippen LogP contribution in [0.3, 0.4) is 0 Å². The van der Waals surface area contributed by atoms with E-state index in [1.54, 1.807) is 12.4 Å². The Bertz CT molecular complexity index is 477. The fraction of sp³-hybridized carbons (Fsp3) is 0.333. The predicted octanol–water partition coefficient (Wildman–Crippen LogP) is 3.13. The van der Waals surface area contributed by atoms with E-state index in [1.807, 2.05) is 23.0 Å². The van der Waals surface area contributed by atoms with E-state index in [2.05, 4.69) is 23.9 Å². The highest BCUT2D eigenvalue weighted by molar-refractivity contribution is 6.17. The molecule has 0 atom stereocenters. The summed E-state index contributed by atoms with van der Waals surface area (Å²) in [5.41, 5.74) is 3.03. The molecule has 2 rings (SSSR count). The first-order valence-corrected chi connectivity index (χ1v) is 5.80. The van der Waals surface area contributed by atoms with E-state index in [9.17, 15) is 0 Å². The number of halogens is 1. The molecule has 2 aromatic rings. The van der Waals surface area contributed by atoms with Gasteiger partial charge < -0.3 is 0 Å². The molecule has 16 heavy (non-hydrogen) atoms. The van der Waals surface area contributed by atoms with Gasteiger partial charge in [0.2, 0.25) is 0 Å². The Kier molecular flexibility index (Phi) is 3.25. The maximum atomic E-state index is 5.77. The van der Waals surface area contributed by atoms with Crippen molar-refractivity contribution in [2.24, 2.45) is 0 Å². The van der Waals surface area contributed by atoms with Crippen LogP contribution in [0.25, 0.3) is 5.69 Å². The lowest BCUT2D eigenvalue weighted by molar-refractivity contribution is 0.766. The predicted molar refractivity (Wildman–Crippen MR) is 65.0 cm³/mol. The quantitative estimate of drug-likeness (QED) is 0.766. The summed E-state index contributed by atoms with van der Waals surface area (Å²) in [6, 6.07) is 4.02. The lowest BCUT2D eigenvalue weighted by atomic mass is 10.1. The largest absolute Gasteiger partial charge is 0.262 e. The zero-order valence-electron chi connectivity index (χ0n) is 9.39. The average molecular weight is 236 g/mol. The molecule has 0 aliphatic carbocycles. The maximum Gasteiger partial charge on any atom is 0.0831 e. The molecule has 0 spiro atoms. The van der Waals surface area contributed by atoms with E-state index < -0.39 is 0 Å². The highest BCUT2D eigenvalue weighted by Crippen LogP contribution is 2.14. The standard InChI is InChI=1S/C12H14ClN3/c1-9(2)12-3-4-16(15-12)11-5-10(6-13)7-14-8-11/h3-5,7-9H,6H2,1-2H3. The average Bonchev–Trinajstić information content (AvgIpc) is 2.78. The Morgan fingerprint density at radius 2 is 2.19 bits per heavy atom. The van der Waals surface area contributed by atoms with Gasteiger partial charge in [0, 0.05) is 18.3 Å². The van der Waals surface area contributed by atoms with Gasteiger partial charge in [-0.15, -0.1) is 11.6 Å². The summed E-state index contributed by atoms with van der Waals surface area (Å²) in [4.78, 5) is 4.14. The minimum Gasteiger partial charge on any atom is -0.262 e. The second-order valence-corrected chi connectivity index (χ2v) is 4.29. The van der Waals surface area contributed by atoms with Gasteiger partial charge in [-0.1, -0.05) is 13.8 Å². The highest BCUT2D eigenvalue weighted by atomic mass is 35.5. The van der Waals surface area contributed by atoms with Crippen LogP contribution in [-0.4, -0.2) is 14.8 Å². The van der Waals surface area contributed by atoms with Gasteiger partial charge in [-0.25, -0.2) is 4.68 Å². The smallest absolute Gasteiger partial charge is 0.0831 e. The first-order chi connectivity index (χ1) is 7.70. The fourth-order valence-corrected chi connectivity index (χ4v) is 1.61. The summed E-state index contributed by atoms with van der Waals surface area (Å²) < 4.78 is 1.83. The summed E-state index contributed by atoms with van der Waals surface area (Å²) in [6.45, 7) is 4.25. The van der Waals surface area contributed by atoms with Crippen molar-refractivity contribution in [3.8, 4) is 5.69 Å². The van der Waals surface area contributed by atoms with Crippen molar-refractivity contribution in [2.75, 3.05) is 0 Å². The molecular formula is C12H14ClN3. The first-order valence-electron chi connectivity index (χ1n) is 5.26. The van der Waals surface area contributed by atoms with Gasteiger partial charge in [-0.05, 0) is 23.6 Å². The first kappa shape index (κ1) is 11.1. The topological polar surface area (TPSA) is 30.7 Å². The molecule has 0 N–H and O–H groups in total. The molecule has 0 amide bonds. The third-order valence-electron chi connectivity index (χ3n) is 2.40. The van der Waals surface area contributed by atoms with Crippen molar-refractivity contribution >= 4 is 11.6 Å². The molecule has 2 heterocycles. The molecule has 3 nitrogen and oxygen atoms in total. The van der Waals surface area contributed by atoms with Crippen molar-refractivity contribution < 1.29 is 0 Å². The zero-order chi connectivity index (χ0) is 11.5. The van der Waals surface area contributed by atoms with Crippen LogP contribution in [-0.2, 0) is 5.88 Å². The van der Waals surface area contributed by atoms with Crippen molar-refractivity contribution in [3.63, 3.8) is 0 Å². The molecule has 4 heteroatoms. The monoisotopic (exact) mass is 235 g/mol. The van der Waals surface area contributed by atoms with Crippen LogP contribution in [0.15, 0.2) is 30.7 Å². The van der Waals surface area contributed by atoms with Gasteiger partial charge >= 0.3 is 0 Å². The molecule has 0 aliphatic rings. The van der Waals surface area contributed by atoms with E-state index in [1.165, 1.54) is 0 Å². The van der Waals surface area contributed by atoms with E-state index >= 15 is 0 Å². The van der Waals surface area contributed by atoms with Crippen LogP contribution in [0.2, 0.25) is 0 Å². The molecule has 0 aromatic carbocycles. The minimum atomic E-state index is 0.436. The Morgan fingerprint density at radius 3 is 2.81 bits per heavy atom. The van der Waals surface area contributed by atoms with Crippen molar-refractivity contribution in [2.45, 2.75) is 25.6 Å². The van der Waals surface area contributed by atoms with Gasteiger partial charge in [0.25, 0.3) is 0 Å². The summed E-state index contributed by atoms with van der Waals surface area (Å²) in [5, 5.41) is 4.49. The molecule has 2 aromatic heterocycles. The fourth-order valence-electron chi connectivity index (χ4n) is 1.46. The number of hydrogen-bond acceptors (Lipinski definition) is 2. The van der Waals surface area contributed by atoms with Gasteiger partial charge in [-0.2, -0.15) is 5.10 Å². The third-order valence-corrected chi connectivity index (χ3v) is 2.71. The highest BCUT2D eigenvalue weighted by Gasteiger charge is 2.05. The number of hydrogen-bond donors (Lipinski definition) is 0. The number of aromatic nitrogens is 3. The van der Waals surface area contributed by atoms with Crippen molar-refractivity contribution in [1.82, 2.24) is 14.8 Å².